The van der Waals surface area contributed by atoms with Gasteiger partial charge in [-0.05, 0) is 47.9 Å². The fourth-order valence-electron chi connectivity index (χ4n) is 2.33. The molecule has 2 heteroatoms. The van der Waals surface area contributed by atoms with Crippen LogP contribution >= 0.6 is 15.9 Å². The topological polar surface area (TPSA) is 26.0 Å². The number of hydrogen-bond acceptors (Lipinski definition) is 1. The van der Waals surface area contributed by atoms with Gasteiger partial charge in [-0.1, -0.05) is 41.9 Å². The number of halogens is 1. The van der Waals surface area contributed by atoms with Crippen LogP contribution in [-0.4, -0.2) is 6.54 Å². The van der Waals surface area contributed by atoms with Crippen LogP contribution in [0.3, 0.4) is 0 Å². The third-order valence-corrected chi connectivity index (χ3v) is 4.51. The third kappa shape index (κ3) is 1.98. The lowest BCUT2D eigenvalue weighted by Crippen LogP contribution is -2.32. The van der Waals surface area contributed by atoms with E-state index in [-0.39, 0.29) is 5.41 Å². The van der Waals surface area contributed by atoms with Gasteiger partial charge in [0.1, 0.15) is 0 Å². The van der Waals surface area contributed by atoms with Crippen molar-refractivity contribution in [3.8, 4) is 0 Å². The molecule has 82 valence electrons. The molecule has 0 amide bonds. The summed E-state index contributed by atoms with van der Waals surface area (Å²) in [5.41, 5.74) is 9.08. The second kappa shape index (κ2) is 3.91. The molecule has 1 aromatic carbocycles. The van der Waals surface area contributed by atoms with Gasteiger partial charge < -0.3 is 5.73 Å². The van der Waals surface area contributed by atoms with Crippen molar-refractivity contribution in [2.75, 3.05) is 6.54 Å². The molecule has 1 aliphatic rings. The Kier molecular flexibility index (Phi) is 2.91. The van der Waals surface area contributed by atoms with Crippen molar-refractivity contribution in [1.29, 1.82) is 0 Å². The molecule has 2 rings (SSSR count). The first-order valence-corrected chi connectivity index (χ1v) is 6.30. The number of rotatable bonds is 2. The smallest absolute Gasteiger partial charge is 0.0210 e. The molecule has 0 heterocycles. The summed E-state index contributed by atoms with van der Waals surface area (Å²) < 4.78 is 1.26. The van der Waals surface area contributed by atoms with Crippen LogP contribution in [0, 0.1) is 11.3 Å². The highest BCUT2D eigenvalue weighted by Crippen LogP contribution is 2.40. The second-order valence-corrected chi connectivity index (χ2v) is 6.03. The van der Waals surface area contributed by atoms with E-state index >= 15 is 0 Å². The average molecular weight is 268 g/mol. The standard InChI is InChI=1S/C13H18BrN/c1-13(2,8-15)10-6-9-4-3-5-12(14)11(9)7-10/h3-5,10H,6-8,15H2,1-2H3. The van der Waals surface area contributed by atoms with Gasteiger partial charge in [0.2, 0.25) is 0 Å². The lowest BCUT2D eigenvalue weighted by molar-refractivity contribution is 0.231. The number of hydrogen-bond donors (Lipinski definition) is 1. The van der Waals surface area contributed by atoms with Crippen LogP contribution in [0.4, 0.5) is 0 Å². The van der Waals surface area contributed by atoms with Crippen molar-refractivity contribution in [3.63, 3.8) is 0 Å². The monoisotopic (exact) mass is 267 g/mol. The summed E-state index contributed by atoms with van der Waals surface area (Å²) in [5, 5.41) is 0. The molecule has 1 aromatic rings. The Hall–Kier alpha value is -0.340. The van der Waals surface area contributed by atoms with E-state index < -0.39 is 0 Å². The fraction of sp³-hybridized carbons (Fsp3) is 0.538. The summed E-state index contributed by atoms with van der Waals surface area (Å²) in [7, 11) is 0. The van der Waals surface area contributed by atoms with Crippen molar-refractivity contribution in [2.45, 2.75) is 26.7 Å². The van der Waals surface area contributed by atoms with E-state index in [0.717, 1.165) is 6.54 Å². The third-order valence-electron chi connectivity index (χ3n) is 3.76. The highest BCUT2D eigenvalue weighted by atomic mass is 79.9. The van der Waals surface area contributed by atoms with E-state index in [1.165, 1.54) is 28.4 Å². The van der Waals surface area contributed by atoms with E-state index in [2.05, 4.69) is 48.0 Å². The van der Waals surface area contributed by atoms with Crippen LogP contribution in [-0.2, 0) is 12.8 Å². The second-order valence-electron chi connectivity index (χ2n) is 5.18. The maximum absolute atomic E-state index is 5.85. The highest BCUT2D eigenvalue weighted by molar-refractivity contribution is 9.10. The van der Waals surface area contributed by atoms with Gasteiger partial charge >= 0.3 is 0 Å². The zero-order valence-electron chi connectivity index (χ0n) is 9.39. The van der Waals surface area contributed by atoms with Crippen molar-refractivity contribution in [1.82, 2.24) is 0 Å². The van der Waals surface area contributed by atoms with E-state index in [9.17, 15) is 0 Å². The zero-order chi connectivity index (χ0) is 11.1. The van der Waals surface area contributed by atoms with Gasteiger partial charge in [0.05, 0.1) is 0 Å². The Labute approximate surface area is 100 Å². The van der Waals surface area contributed by atoms with Crippen molar-refractivity contribution in [3.05, 3.63) is 33.8 Å². The predicted molar refractivity (Wildman–Crippen MR) is 67.9 cm³/mol. The maximum atomic E-state index is 5.85. The largest absolute Gasteiger partial charge is 0.330 e. The van der Waals surface area contributed by atoms with E-state index in [1.54, 1.807) is 0 Å². The molecule has 2 N–H and O–H groups in total. The molecule has 1 unspecified atom stereocenters. The van der Waals surface area contributed by atoms with Crippen molar-refractivity contribution >= 4 is 15.9 Å². The van der Waals surface area contributed by atoms with Gasteiger partial charge in [-0.3, -0.25) is 0 Å². The Bertz CT molecular complexity index is 371. The van der Waals surface area contributed by atoms with Gasteiger partial charge in [0, 0.05) is 4.47 Å². The summed E-state index contributed by atoms with van der Waals surface area (Å²) in [6.07, 6.45) is 2.35. The summed E-state index contributed by atoms with van der Waals surface area (Å²) in [4.78, 5) is 0. The van der Waals surface area contributed by atoms with Crippen LogP contribution < -0.4 is 5.73 Å². The summed E-state index contributed by atoms with van der Waals surface area (Å²) in [6.45, 7) is 5.32. The Morgan fingerprint density at radius 1 is 1.40 bits per heavy atom. The van der Waals surface area contributed by atoms with Gasteiger partial charge in [-0.2, -0.15) is 0 Å². The summed E-state index contributed by atoms with van der Waals surface area (Å²) in [5.74, 6) is 0.691. The minimum Gasteiger partial charge on any atom is -0.330 e. The highest BCUT2D eigenvalue weighted by Gasteiger charge is 2.34. The Morgan fingerprint density at radius 2 is 2.13 bits per heavy atom. The first-order chi connectivity index (χ1) is 7.04. The molecular weight excluding hydrogens is 250 g/mol. The van der Waals surface area contributed by atoms with Gasteiger partial charge in [0.15, 0.2) is 0 Å². The van der Waals surface area contributed by atoms with E-state index in [4.69, 9.17) is 5.73 Å². The van der Waals surface area contributed by atoms with E-state index in [1.807, 2.05) is 0 Å². The van der Waals surface area contributed by atoms with Crippen LogP contribution in [0.1, 0.15) is 25.0 Å². The van der Waals surface area contributed by atoms with Crippen molar-refractivity contribution in [2.24, 2.45) is 17.1 Å². The van der Waals surface area contributed by atoms with Gasteiger partial charge in [0.25, 0.3) is 0 Å². The normalized spacial score (nSPS) is 20.4. The number of nitrogens with two attached hydrogens (primary N) is 1. The fourth-order valence-corrected chi connectivity index (χ4v) is 2.90. The molecule has 1 nitrogen and oxygen atoms in total. The average Bonchev–Trinajstić information content (AvgIpc) is 2.64. The van der Waals surface area contributed by atoms with Crippen molar-refractivity contribution < 1.29 is 0 Å². The lowest BCUT2D eigenvalue weighted by Gasteiger charge is -2.29. The Balaban J connectivity index is 2.26. The molecule has 1 atom stereocenters. The lowest BCUT2D eigenvalue weighted by atomic mass is 9.77. The molecule has 0 aromatic heterocycles. The first-order valence-electron chi connectivity index (χ1n) is 5.51. The summed E-state index contributed by atoms with van der Waals surface area (Å²) >= 11 is 3.63. The molecule has 0 radical (unpaired) electrons. The minimum atomic E-state index is 0.248. The molecule has 0 aliphatic heterocycles. The van der Waals surface area contributed by atoms with Crippen LogP contribution in [0.15, 0.2) is 22.7 Å². The molecule has 0 fully saturated rings. The number of fused-ring (bicyclic) bond motifs is 1. The van der Waals surface area contributed by atoms with Crippen LogP contribution in [0.25, 0.3) is 0 Å². The minimum absolute atomic E-state index is 0.248. The molecule has 1 aliphatic carbocycles. The van der Waals surface area contributed by atoms with E-state index in [0.29, 0.717) is 5.92 Å². The van der Waals surface area contributed by atoms with Gasteiger partial charge in [-0.25, -0.2) is 0 Å². The van der Waals surface area contributed by atoms with Gasteiger partial charge in [-0.15, -0.1) is 0 Å². The first kappa shape index (κ1) is 11.2. The quantitative estimate of drug-likeness (QED) is 0.876. The molecule has 0 saturated heterocycles. The maximum Gasteiger partial charge on any atom is 0.0210 e. The molecule has 0 bridgehead atoms. The predicted octanol–water partition coefficient (Wildman–Crippen LogP) is 3.15. The molecule has 0 spiro atoms. The zero-order valence-corrected chi connectivity index (χ0v) is 11.0. The Morgan fingerprint density at radius 3 is 2.73 bits per heavy atom. The van der Waals surface area contributed by atoms with Crippen LogP contribution in [0.5, 0.6) is 0 Å². The SMILES string of the molecule is CC(C)(CN)C1Cc2cccc(Br)c2C1. The molecular formula is C13H18BrN. The molecule has 0 saturated carbocycles. The molecule has 15 heavy (non-hydrogen) atoms. The van der Waals surface area contributed by atoms with Crippen LogP contribution in [0.2, 0.25) is 0 Å². The number of benzene rings is 1. The summed E-state index contributed by atoms with van der Waals surface area (Å²) in [6, 6.07) is 6.50.